The number of carbonyl (C=O) groups is 2. The molecular formula is C31H33F2N5O4. The fourth-order valence-corrected chi connectivity index (χ4v) is 5.69. The molecule has 5 rings (SSSR count). The van der Waals surface area contributed by atoms with Crippen molar-refractivity contribution >= 4 is 17.4 Å². The highest BCUT2D eigenvalue weighted by Crippen LogP contribution is 2.50. The maximum absolute atomic E-state index is 16.9. The number of rotatable bonds is 8. The minimum atomic E-state index is -2.31. The molecule has 11 heteroatoms. The van der Waals surface area contributed by atoms with Gasteiger partial charge in [-0.2, -0.15) is 4.98 Å². The van der Waals surface area contributed by atoms with E-state index >= 15 is 8.78 Å². The second-order valence-corrected chi connectivity index (χ2v) is 10.8. The standard InChI is InChI=1S/C31H33F2N5O4/c1-4-5-24(39)38-15-20(41-3)14-19(38)16-42-30-36-13-11-23(37-30)31(33)12-10-17(2)25(28(31)34)26-21(18-6-7-18)8-9-22(27(26)32)29(35)40/h8-11,13,18-20H,6-7,12,14-16,34H2,1-3H3,(H2,35,40)/t19-,20-,31?/m0/s1. The van der Waals surface area contributed by atoms with E-state index in [1.807, 2.05) is 0 Å². The molecule has 1 unspecified atom stereocenters. The summed E-state index contributed by atoms with van der Waals surface area (Å²) in [6.07, 6.45) is 4.93. The summed E-state index contributed by atoms with van der Waals surface area (Å²) in [6.45, 7) is 3.74. The molecule has 2 aliphatic carbocycles. The van der Waals surface area contributed by atoms with Crippen molar-refractivity contribution in [2.45, 2.75) is 63.3 Å². The number of carbonyl (C=O) groups excluding carboxylic acids is 2. The van der Waals surface area contributed by atoms with Crippen LogP contribution in [0.4, 0.5) is 8.78 Å². The molecule has 2 heterocycles. The average Bonchev–Trinajstić information content (AvgIpc) is 3.73. The third-order valence-electron chi connectivity index (χ3n) is 8.13. The number of halogens is 2. The molecule has 0 spiro atoms. The summed E-state index contributed by atoms with van der Waals surface area (Å²) in [6, 6.07) is 4.00. The predicted octanol–water partition coefficient (Wildman–Crippen LogP) is 3.49. The van der Waals surface area contributed by atoms with Crippen LogP contribution in [0.5, 0.6) is 6.01 Å². The number of nitrogens with two attached hydrogens (primary N) is 2. The van der Waals surface area contributed by atoms with Crippen molar-refractivity contribution in [3.63, 3.8) is 0 Å². The Labute approximate surface area is 243 Å². The second-order valence-electron chi connectivity index (χ2n) is 10.8. The maximum atomic E-state index is 16.9. The van der Waals surface area contributed by atoms with E-state index in [1.54, 1.807) is 38.0 Å². The maximum Gasteiger partial charge on any atom is 0.316 e. The van der Waals surface area contributed by atoms with Crippen molar-refractivity contribution in [3.8, 4) is 17.9 Å². The summed E-state index contributed by atoms with van der Waals surface area (Å²) < 4.78 is 44.0. The summed E-state index contributed by atoms with van der Waals surface area (Å²) in [4.78, 5) is 34.5. The lowest BCUT2D eigenvalue weighted by molar-refractivity contribution is -0.126. The third-order valence-corrected chi connectivity index (χ3v) is 8.13. The molecule has 2 aromatic rings. The molecule has 3 aliphatic rings. The number of hydrogen-bond acceptors (Lipinski definition) is 7. The van der Waals surface area contributed by atoms with Crippen LogP contribution in [0, 0.1) is 17.7 Å². The van der Waals surface area contributed by atoms with Crippen LogP contribution in [-0.2, 0) is 15.2 Å². The smallest absolute Gasteiger partial charge is 0.316 e. The van der Waals surface area contributed by atoms with E-state index in [2.05, 4.69) is 21.8 Å². The van der Waals surface area contributed by atoms with Gasteiger partial charge in [-0.1, -0.05) is 18.1 Å². The Morgan fingerprint density at radius 2 is 2.02 bits per heavy atom. The SMILES string of the molecule is CC#CC(=O)N1C[C@@H](OC)C[C@H]1COc1nccc(C2(F)CC=C(C)C(c3c(C4CC4)ccc(C(N)=O)c3F)=C2N)n1. The van der Waals surface area contributed by atoms with Crippen LogP contribution in [0.2, 0.25) is 0 Å². The van der Waals surface area contributed by atoms with Crippen LogP contribution in [0.3, 0.4) is 0 Å². The molecule has 1 saturated carbocycles. The molecule has 1 aromatic heterocycles. The van der Waals surface area contributed by atoms with Gasteiger partial charge in [-0.15, -0.1) is 0 Å². The molecule has 1 saturated heterocycles. The lowest BCUT2D eigenvalue weighted by Crippen LogP contribution is -2.38. The summed E-state index contributed by atoms with van der Waals surface area (Å²) in [5, 5.41) is 0. The van der Waals surface area contributed by atoms with Gasteiger partial charge in [0.2, 0.25) is 0 Å². The molecule has 1 aromatic carbocycles. The second kappa shape index (κ2) is 11.5. The minimum Gasteiger partial charge on any atom is -0.461 e. The zero-order valence-corrected chi connectivity index (χ0v) is 23.7. The largest absolute Gasteiger partial charge is 0.461 e. The Hall–Kier alpha value is -4.30. The number of ether oxygens (including phenoxy) is 2. The number of nitrogens with zero attached hydrogens (tertiary/aromatic N) is 3. The molecule has 3 atom stereocenters. The van der Waals surface area contributed by atoms with Crippen molar-refractivity contribution in [2.75, 3.05) is 20.3 Å². The molecule has 2 amide bonds. The molecule has 9 nitrogen and oxygen atoms in total. The lowest BCUT2D eigenvalue weighted by Gasteiger charge is -2.32. The van der Waals surface area contributed by atoms with Crippen LogP contribution < -0.4 is 16.2 Å². The number of benzene rings is 1. The molecule has 1 aliphatic heterocycles. The fourth-order valence-electron chi connectivity index (χ4n) is 5.69. The first-order valence-corrected chi connectivity index (χ1v) is 13.8. The van der Waals surface area contributed by atoms with Crippen LogP contribution in [0.25, 0.3) is 5.57 Å². The zero-order valence-electron chi connectivity index (χ0n) is 23.7. The zero-order chi connectivity index (χ0) is 30.2. The Morgan fingerprint density at radius 1 is 1.26 bits per heavy atom. The van der Waals surface area contributed by atoms with Gasteiger partial charge in [-0.05, 0) is 68.2 Å². The topological polar surface area (TPSA) is 134 Å². The monoisotopic (exact) mass is 577 g/mol. The highest BCUT2D eigenvalue weighted by Gasteiger charge is 2.43. The number of allylic oxidation sites excluding steroid dienone is 4. The van der Waals surface area contributed by atoms with E-state index in [4.69, 9.17) is 20.9 Å². The van der Waals surface area contributed by atoms with Crippen molar-refractivity contribution in [1.82, 2.24) is 14.9 Å². The molecular weight excluding hydrogens is 544 g/mol. The number of primary amides is 1. The van der Waals surface area contributed by atoms with Gasteiger partial charge in [0.05, 0.1) is 29.1 Å². The Kier molecular flexibility index (Phi) is 8.01. The third kappa shape index (κ3) is 5.34. The minimum absolute atomic E-state index is 0.0468. The average molecular weight is 578 g/mol. The van der Waals surface area contributed by atoms with Gasteiger partial charge in [0.1, 0.15) is 12.4 Å². The summed E-state index contributed by atoms with van der Waals surface area (Å²) in [7, 11) is 1.57. The fraction of sp³-hybridized carbons (Fsp3) is 0.419. The molecule has 2 fully saturated rings. The number of alkyl halides is 1. The molecule has 220 valence electrons. The predicted molar refractivity (Wildman–Crippen MR) is 151 cm³/mol. The van der Waals surface area contributed by atoms with Crippen molar-refractivity contribution < 1.29 is 27.8 Å². The van der Waals surface area contributed by atoms with Gasteiger partial charge in [0.15, 0.2) is 5.67 Å². The summed E-state index contributed by atoms with van der Waals surface area (Å²) in [5.74, 6) is 3.17. The van der Waals surface area contributed by atoms with Gasteiger partial charge >= 0.3 is 6.01 Å². The van der Waals surface area contributed by atoms with Gasteiger partial charge in [0, 0.05) is 37.4 Å². The van der Waals surface area contributed by atoms with Gasteiger partial charge in [0.25, 0.3) is 11.8 Å². The highest BCUT2D eigenvalue weighted by atomic mass is 19.1. The van der Waals surface area contributed by atoms with Gasteiger partial charge < -0.3 is 25.8 Å². The Morgan fingerprint density at radius 3 is 2.69 bits per heavy atom. The molecule has 0 bridgehead atoms. The Balaban J connectivity index is 1.47. The van der Waals surface area contributed by atoms with Crippen molar-refractivity contribution in [1.29, 1.82) is 0 Å². The quantitative estimate of drug-likeness (QED) is 0.459. The lowest BCUT2D eigenvalue weighted by atomic mass is 9.78. The van der Waals surface area contributed by atoms with Crippen LogP contribution in [-0.4, -0.2) is 59.1 Å². The van der Waals surface area contributed by atoms with Gasteiger partial charge in [-0.25, -0.2) is 13.8 Å². The summed E-state index contributed by atoms with van der Waals surface area (Å²) >= 11 is 0. The molecule has 4 N–H and O–H groups in total. The first-order chi connectivity index (χ1) is 20.1. The van der Waals surface area contributed by atoms with Crippen LogP contribution in [0.1, 0.15) is 72.6 Å². The van der Waals surface area contributed by atoms with Crippen molar-refractivity contribution in [3.05, 3.63) is 69.9 Å². The highest BCUT2D eigenvalue weighted by molar-refractivity contribution is 5.96. The van der Waals surface area contributed by atoms with Crippen molar-refractivity contribution in [2.24, 2.45) is 11.5 Å². The molecule has 0 radical (unpaired) electrons. The number of methoxy groups -OCH3 is 1. The van der Waals surface area contributed by atoms with E-state index in [0.717, 1.165) is 12.8 Å². The first kappa shape index (κ1) is 29.2. The first-order valence-electron chi connectivity index (χ1n) is 13.8. The van der Waals surface area contributed by atoms with E-state index in [9.17, 15) is 9.59 Å². The van der Waals surface area contributed by atoms with Crippen LogP contribution >= 0.6 is 0 Å². The molecule has 42 heavy (non-hydrogen) atoms. The van der Waals surface area contributed by atoms with Crippen LogP contribution in [0.15, 0.2) is 41.7 Å². The number of hydrogen-bond donors (Lipinski definition) is 2. The number of aromatic nitrogens is 2. The van der Waals surface area contributed by atoms with E-state index in [1.165, 1.54) is 18.3 Å². The van der Waals surface area contributed by atoms with Gasteiger partial charge in [-0.3, -0.25) is 9.59 Å². The summed E-state index contributed by atoms with van der Waals surface area (Å²) in [5.41, 5.74) is 10.6. The number of likely N-dealkylation sites (tertiary alicyclic amines) is 1. The van der Waals surface area contributed by atoms with E-state index < -0.39 is 17.4 Å². The number of amides is 2. The van der Waals surface area contributed by atoms with E-state index in [0.29, 0.717) is 24.1 Å². The normalized spacial score (nSPS) is 23.7. The Bertz CT molecular complexity index is 1560. The van der Waals surface area contributed by atoms with E-state index in [-0.39, 0.29) is 71.1 Å².